The van der Waals surface area contributed by atoms with Crippen molar-refractivity contribution < 1.29 is 14.2 Å². The average molecular weight is 435 g/mol. The van der Waals surface area contributed by atoms with E-state index in [2.05, 4.69) is 43.4 Å². The van der Waals surface area contributed by atoms with Crippen LogP contribution in [0.3, 0.4) is 0 Å². The maximum Gasteiger partial charge on any atom is 0.286 e. The smallest absolute Gasteiger partial charge is 0.286 e. The highest BCUT2D eigenvalue weighted by molar-refractivity contribution is 6.01. The number of amidine groups is 1. The van der Waals surface area contributed by atoms with Crippen molar-refractivity contribution in [3.8, 4) is 17.2 Å². The van der Waals surface area contributed by atoms with Crippen molar-refractivity contribution in [3.05, 3.63) is 51.3 Å². The Morgan fingerprint density at radius 3 is 2.66 bits per heavy atom. The van der Waals surface area contributed by atoms with Crippen LogP contribution in [0.25, 0.3) is 10.9 Å². The first kappa shape index (κ1) is 20.2. The quantitative estimate of drug-likeness (QED) is 0.631. The molecule has 0 saturated carbocycles. The predicted octanol–water partition coefficient (Wildman–Crippen LogP) is 1.86. The molecule has 166 valence electrons. The minimum Gasteiger partial charge on any atom is -0.493 e. The van der Waals surface area contributed by atoms with Gasteiger partial charge in [-0.05, 0) is 17.5 Å². The van der Waals surface area contributed by atoms with Gasteiger partial charge in [0.1, 0.15) is 11.2 Å². The third-order valence-electron chi connectivity index (χ3n) is 5.99. The van der Waals surface area contributed by atoms with Crippen LogP contribution in [-0.4, -0.2) is 56.8 Å². The molecule has 0 fully saturated rings. The van der Waals surface area contributed by atoms with Crippen molar-refractivity contribution in [3.63, 3.8) is 0 Å². The van der Waals surface area contributed by atoms with E-state index in [0.717, 1.165) is 31.9 Å². The summed E-state index contributed by atoms with van der Waals surface area (Å²) in [7, 11) is 4.55. The van der Waals surface area contributed by atoms with Crippen molar-refractivity contribution in [2.45, 2.75) is 13.0 Å². The first-order valence-electron chi connectivity index (χ1n) is 10.5. The molecule has 32 heavy (non-hydrogen) atoms. The van der Waals surface area contributed by atoms with E-state index >= 15 is 0 Å². The normalized spacial score (nSPS) is 15.2. The van der Waals surface area contributed by atoms with Crippen molar-refractivity contribution in [2.24, 2.45) is 4.99 Å². The lowest BCUT2D eigenvalue weighted by atomic mass is 9.94. The number of nitrogens with zero attached hydrogens (tertiary/aromatic N) is 3. The highest BCUT2D eigenvalue weighted by Gasteiger charge is 2.25. The fraction of sp³-hybridized carbons (Fsp3) is 0.348. The van der Waals surface area contributed by atoms with Gasteiger partial charge in [0.05, 0.1) is 33.4 Å². The lowest BCUT2D eigenvalue weighted by Gasteiger charge is -2.30. The number of aliphatic imine (C=N–C) groups is 1. The molecule has 5 rings (SSSR count). The molecule has 0 atom stereocenters. The molecule has 9 nitrogen and oxygen atoms in total. The Labute approximate surface area is 185 Å². The molecule has 3 aromatic rings. The van der Waals surface area contributed by atoms with Crippen LogP contribution >= 0.6 is 0 Å². The number of ether oxygens (including phenoxy) is 3. The van der Waals surface area contributed by atoms with Crippen LogP contribution in [0, 0.1) is 0 Å². The van der Waals surface area contributed by atoms with Gasteiger partial charge >= 0.3 is 0 Å². The van der Waals surface area contributed by atoms with E-state index in [1.54, 1.807) is 13.2 Å². The molecule has 3 heterocycles. The van der Waals surface area contributed by atoms with Crippen LogP contribution in [0.2, 0.25) is 0 Å². The Kier molecular flexibility index (Phi) is 5.08. The molecule has 0 saturated heterocycles. The molecule has 1 aromatic heterocycles. The van der Waals surface area contributed by atoms with Crippen LogP contribution < -0.4 is 30.0 Å². The summed E-state index contributed by atoms with van der Waals surface area (Å²) < 4.78 is 16.3. The number of anilines is 1. The zero-order valence-electron chi connectivity index (χ0n) is 18.3. The van der Waals surface area contributed by atoms with E-state index in [1.807, 2.05) is 0 Å². The molecule has 2 aliphatic rings. The summed E-state index contributed by atoms with van der Waals surface area (Å²) in [4.78, 5) is 27.3. The molecule has 0 spiro atoms. The maximum atomic E-state index is 13.0. The van der Waals surface area contributed by atoms with Gasteiger partial charge in [-0.15, -0.1) is 0 Å². The molecule has 0 aliphatic carbocycles. The molecule has 0 radical (unpaired) electrons. The number of rotatable bonds is 5. The summed E-state index contributed by atoms with van der Waals surface area (Å²) >= 11 is 0. The fourth-order valence-electron chi connectivity index (χ4n) is 4.51. The number of aromatic nitrogens is 2. The van der Waals surface area contributed by atoms with Crippen molar-refractivity contribution >= 4 is 22.7 Å². The van der Waals surface area contributed by atoms with E-state index in [4.69, 9.17) is 14.2 Å². The minimum absolute atomic E-state index is 0.306. The van der Waals surface area contributed by atoms with E-state index in [1.165, 1.54) is 30.9 Å². The summed E-state index contributed by atoms with van der Waals surface area (Å²) in [6, 6.07) is 8.03. The second-order valence-electron chi connectivity index (χ2n) is 7.71. The van der Waals surface area contributed by atoms with Crippen molar-refractivity contribution in [2.75, 3.05) is 45.9 Å². The van der Waals surface area contributed by atoms with E-state index < -0.39 is 0 Å². The van der Waals surface area contributed by atoms with E-state index in [-0.39, 0.29) is 5.56 Å². The SMILES string of the molecule is COc1cc2[nH]c(N3CCc4c(cccc4C4=NCCN4)C3)nc(=O)c2c(OC)c1OC. The van der Waals surface area contributed by atoms with Gasteiger partial charge < -0.3 is 29.4 Å². The third kappa shape index (κ3) is 3.21. The molecule has 0 amide bonds. The minimum atomic E-state index is -0.379. The Hall–Kier alpha value is -3.75. The average Bonchev–Trinajstić information content (AvgIpc) is 3.36. The van der Waals surface area contributed by atoms with Gasteiger partial charge in [-0.1, -0.05) is 18.2 Å². The summed E-state index contributed by atoms with van der Waals surface area (Å²) in [6.45, 7) is 3.07. The highest BCUT2D eigenvalue weighted by Crippen LogP contribution is 2.41. The molecular weight excluding hydrogens is 410 g/mol. The highest BCUT2D eigenvalue weighted by atomic mass is 16.5. The van der Waals surface area contributed by atoms with Gasteiger partial charge in [-0.25, -0.2) is 0 Å². The Balaban J connectivity index is 1.55. The second-order valence-corrected chi connectivity index (χ2v) is 7.71. The Bertz CT molecular complexity index is 1280. The number of H-pyrrole nitrogens is 1. The predicted molar refractivity (Wildman–Crippen MR) is 123 cm³/mol. The molecule has 2 aromatic carbocycles. The number of hydrogen-bond acceptors (Lipinski definition) is 8. The maximum absolute atomic E-state index is 13.0. The van der Waals surface area contributed by atoms with Crippen molar-refractivity contribution in [1.82, 2.24) is 15.3 Å². The number of benzene rings is 2. The van der Waals surface area contributed by atoms with Gasteiger partial charge in [-0.2, -0.15) is 4.98 Å². The fourth-order valence-corrected chi connectivity index (χ4v) is 4.51. The zero-order chi connectivity index (χ0) is 22.2. The molecule has 9 heteroatoms. The Morgan fingerprint density at radius 1 is 1.09 bits per heavy atom. The van der Waals surface area contributed by atoms with Crippen LogP contribution in [0.5, 0.6) is 17.2 Å². The summed E-state index contributed by atoms with van der Waals surface area (Å²) in [6.07, 6.45) is 0.837. The van der Waals surface area contributed by atoms with Crippen LogP contribution in [-0.2, 0) is 13.0 Å². The van der Waals surface area contributed by atoms with Gasteiger partial charge in [-0.3, -0.25) is 9.79 Å². The lowest BCUT2D eigenvalue weighted by Crippen LogP contribution is -2.34. The number of nitrogens with one attached hydrogen (secondary N) is 2. The number of aromatic amines is 1. The lowest BCUT2D eigenvalue weighted by molar-refractivity contribution is 0.327. The number of fused-ring (bicyclic) bond motifs is 2. The molecular formula is C23H25N5O4. The standard InChI is InChI=1S/C23H25N5O4/c1-30-17-11-16-18(20(32-3)19(17)31-2)22(29)27-23(26-16)28-10-7-14-13(12-28)5-4-6-15(14)21-24-8-9-25-21/h4-6,11H,7-10,12H2,1-3H3,(H,24,25)(H,26,27,29). The molecule has 0 bridgehead atoms. The van der Waals surface area contributed by atoms with Gasteiger partial charge in [0.2, 0.25) is 11.7 Å². The Morgan fingerprint density at radius 2 is 1.94 bits per heavy atom. The van der Waals surface area contributed by atoms with E-state index in [0.29, 0.717) is 40.6 Å². The van der Waals surface area contributed by atoms with Crippen LogP contribution in [0.15, 0.2) is 34.1 Å². The van der Waals surface area contributed by atoms with Gasteiger partial charge in [0.25, 0.3) is 5.56 Å². The monoisotopic (exact) mass is 435 g/mol. The largest absolute Gasteiger partial charge is 0.493 e. The van der Waals surface area contributed by atoms with Crippen LogP contribution in [0.4, 0.5) is 5.95 Å². The van der Waals surface area contributed by atoms with Crippen LogP contribution in [0.1, 0.15) is 16.7 Å². The van der Waals surface area contributed by atoms with Gasteiger partial charge in [0, 0.05) is 31.3 Å². The van der Waals surface area contributed by atoms with Crippen molar-refractivity contribution in [1.29, 1.82) is 0 Å². The first-order chi connectivity index (χ1) is 15.6. The summed E-state index contributed by atoms with van der Waals surface area (Å²) in [5.41, 5.74) is 3.88. The first-order valence-corrected chi connectivity index (χ1v) is 10.5. The topological polar surface area (TPSA) is 101 Å². The third-order valence-corrected chi connectivity index (χ3v) is 5.99. The molecule has 0 unspecified atom stereocenters. The van der Waals surface area contributed by atoms with E-state index in [9.17, 15) is 4.79 Å². The molecule has 2 N–H and O–H groups in total. The summed E-state index contributed by atoms with van der Waals surface area (Å²) in [5, 5.41) is 3.70. The zero-order valence-corrected chi connectivity index (χ0v) is 18.3. The summed E-state index contributed by atoms with van der Waals surface area (Å²) in [5.74, 6) is 2.64. The second kappa shape index (κ2) is 8.07. The number of methoxy groups -OCH3 is 3. The molecule has 2 aliphatic heterocycles. The number of hydrogen-bond donors (Lipinski definition) is 2. The van der Waals surface area contributed by atoms with Gasteiger partial charge in [0.15, 0.2) is 11.5 Å².